The topological polar surface area (TPSA) is 123 Å². The summed E-state index contributed by atoms with van der Waals surface area (Å²) in [6.45, 7) is 2.34. The van der Waals surface area contributed by atoms with Gasteiger partial charge in [0.2, 0.25) is 16.8 Å². The first-order chi connectivity index (χ1) is 15.3. The Morgan fingerprint density at radius 3 is 2.53 bits per heavy atom. The van der Waals surface area contributed by atoms with E-state index in [0.717, 1.165) is 11.1 Å². The van der Waals surface area contributed by atoms with Gasteiger partial charge in [0, 0.05) is 13.1 Å². The predicted octanol–water partition coefficient (Wildman–Crippen LogP) is 0.503. The molecule has 32 heavy (non-hydrogen) atoms. The number of aryl methyl sites for hydroxylation is 1. The van der Waals surface area contributed by atoms with E-state index in [0.29, 0.717) is 11.5 Å². The summed E-state index contributed by atoms with van der Waals surface area (Å²) in [5.74, 6) is -0.517. The molecule has 1 atom stereocenters. The Balaban J connectivity index is 1.30. The molecular weight excluding hydrogens is 438 g/mol. The molecule has 0 bridgehead atoms. The molecule has 2 aromatic rings. The molecule has 0 unspecified atom stereocenters. The highest BCUT2D eigenvalue weighted by molar-refractivity contribution is 7.89. The Labute approximate surface area is 185 Å². The number of carbonyl (C=O) groups is 2. The summed E-state index contributed by atoms with van der Waals surface area (Å²) in [4.78, 5) is 24.5. The van der Waals surface area contributed by atoms with Gasteiger partial charge in [-0.1, -0.05) is 23.8 Å². The van der Waals surface area contributed by atoms with Crippen molar-refractivity contribution in [1.82, 2.24) is 14.9 Å². The fraction of sp³-hybridized carbons (Fsp3) is 0.333. The van der Waals surface area contributed by atoms with E-state index in [2.05, 4.69) is 10.6 Å². The van der Waals surface area contributed by atoms with Crippen LogP contribution in [0.3, 0.4) is 0 Å². The van der Waals surface area contributed by atoms with Crippen molar-refractivity contribution in [2.75, 3.05) is 26.5 Å². The Kier molecular flexibility index (Phi) is 6.31. The van der Waals surface area contributed by atoms with Crippen LogP contribution >= 0.6 is 0 Å². The van der Waals surface area contributed by atoms with Crippen molar-refractivity contribution < 1.29 is 32.2 Å². The van der Waals surface area contributed by atoms with Crippen LogP contribution in [0.5, 0.6) is 11.5 Å². The van der Waals surface area contributed by atoms with E-state index < -0.39 is 28.1 Å². The number of nitrogens with one attached hydrogen (secondary N) is 2. The summed E-state index contributed by atoms with van der Waals surface area (Å²) in [6, 6.07) is 11.7. The normalized spacial score (nSPS) is 17.8. The van der Waals surface area contributed by atoms with Crippen LogP contribution in [0, 0.1) is 6.92 Å². The SMILES string of the molecule is Cc1ccc(S(=O)(=O)N2CCO[C@H]2CNC(=O)C(=O)NCc2ccc3c(c2)OCO3)cc1. The second-order valence-electron chi connectivity index (χ2n) is 7.33. The van der Waals surface area contributed by atoms with Crippen LogP contribution in [0.2, 0.25) is 0 Å². The van der Waals surface area contributed by atoms with Crippen molar-refractivity contribution in [3.05, 3.63) is 53.6 Å². The fourth-order valence-corrected chi connectivity index (χ4v) is 4.87. The first kappa shape index (κ1) is 22.1. The van der Waals surface area contributed by atoms with Crippen molar-refractivity contribution in [3.63, 3.8) is 0 Å². The number of ether oxygens (including phenoxy) is 3. The second kappa shape index (κ2) is 9.15. The number of hydrogen-bond donors (Lipinski definition) is 2. The average molecular weight is 461 g/mol. The highest BCUT2D eigenvalue weighted by Gasteiger charge is 2.36. The van der Waals surface area contributed by atoms with Crippen LogP contribution in [0.15, 0.2) is 47.4 Å². The summed E-state index contributed by atoms with van der Waals surface area (Å²) in [7, 11) is -3.79. The Morgan fingerprint density at radius 2 is 1.75 bits per heavy atom. The van der Waals surface area contributed by atoms with Gasteiger partial charge in [0.25, 0.3) is 0 Å². The highest BCUT2D eigenvalue weighted by atomic mass is 32.2. The minimum Gasteiger partial charge on any atom is -0.454 e. The minimum atomic E-state index is -3.79. The van der Waals surface area contributed by atoms with Crippen LogP contribution in [-0.4, -0.2) is 57.3 Å². The molecule has 1 saturated heterocycles. The van der Waals surface area contributed by atoms with Crippen LogP contribution in [-0.2, 0) is 30.9 Å². The number of rotatable bonds is 6. The molecule has 2 aliphatic rings. The molecular formula is C21H23N3O7S. The molecule has 1 fully saturated rings. The molecule has 2 heterocycles. The van der Waals surface area contributed by atoms with Gasteiger partial charge in [0.1, 0.15) is 6.23 Å². The zero-order valence-electron chi connectivity index (χ0n) is 17.4. The molecule has 170 valence electrons. The Morgan fingerprint density at radius 1 is 1.03 bits per heavy atom. The minimum absolute atomic E-state index is 0.122. The number of benzene rings is 2. The lowest BCUT2D eigenvalue weighted by molar-refractivity contribution is -0.139. The van der Waals surface area contributed by atoms with E-state index >= 15 is 0 Å². The zero-order chi connectivity index (χ0) is 22.7. The Bertz CT molecular complexity index is 1120. The molecule has 2 N–H and O–H groups in total. The monoisotopic (exact) mass is 461 g/mol. The van der Waals surface area contributed by atoms with Gasteiger partial charge >= 0.3 is 11.8 Å². The van der Waals surface area contributed by atoms with Crippen molar-refractivity contribution in [2.45, 2.75) is 24.6 Å². The summed E-state index contributed by atoms with van der Waals surface area (Å²) in [6.07, 6.45) is -0.896. The number of carbonyl (C=O) groups excluding carboxylic acids is 2. The molecule has 11 heteroatoms. The van der Waals surface area contributed by atoms with Crippen molar-refractivity contribution in [3.8, 4) is 11.5 Å². The molecule has 4 rings (SSSR count). The lowest BCUT2D eigenvalue weighted by Crippen LogP contribution is -2.47. The number of sulfonamides is 1. The van der Waals surface area contributed by atoms with Gasteiger partial charge < -0.3 is 24.8 Å². The highest BCUT2D eigenvalue weighted by Crippen LogP contribution is 2.32. The van der Waals surface area contributed by atoms with Crippen LogP contribution in [0.1, 0.15) is 11.1 Å². The average Bonchev–Trinajstić information content (AvgIpc) is 3.45. The van der Waals surface area contributed by atoms with Crippen molar-refractivity contribution >= 4 is 21.8 Å². The number of hydrogen-bond acceptors (Lipinski definition) is 7. The van der Waals surface area contributed by atoms with Crippen LogP contribution < -0.4 is 20.1 Å². The Hall–Kier alpha value is -3.15. The van der Waals surface area contributed by atoms with Gasteiger partial charge in [-0.25, -0.2) is 8.42 Å². The van der Waals surface area contributed by atoms with Gasteiger partial charge in [0.15, 0.2) is 11.5 Å². The lowest BCUT2D eigenvalue weighted by Gasteiger charge is -2.22. The molecule has 2 aromatic carbocycles. The number of nitrogens with zero attached hydrogens (tertiary/aromatic N) is 1. The van der Waals surface area contributed by atoms with Gasteiger partial charge in [-0.3, -0.25) is 9.59 Å². The maximum Gasteiger partial charge on any atom is 0.309 e. The van der Waals surface area contributed by atoms with E-state index in [9.17, 15) is 18.0 Å². The molecule has 2 amide bonds. The second-order valence-corrected chi connectivity index (χ2v) is 9.23. The summed E-state index contributed by atoms with van der Waals surface area (Å²) >= 11 is 0. The lowest BCUT2D eigenvalue weighted by atomic mass is 10.2. The van der Waals surface area contributed by atoms with Gasteiger partial charge in [-0.05, 0) is 36.8 Å². The fourth-order valence-electron chi connectivity index (χ4n) is 3.36. The third-order valence-corrected chi connectivity index (χ3v) is 7.01. The largest absolute Gasteiger partial charge is 0.454 e. The third-order valence-electron chi connectivity index (χ3n) is 5.10. The van der Waals surface area contributed by atoms with E-state index in [4.69, 9.17) is 14.2 Å². The number of amides is 2. The van der Waals surface area contributed by atoms with Gasteiger partial charge in [0.05, 0.1) is 18.0 Å². The quantitative estimate of drug-likeness (QED) is 0.601. The molecule has 0 saturated carbocycles. The first-order valence-corrected chi connectivity index (χ1v) is 11.4. The molecule has 0 spiro atoms. The van der Waals surface area contributed by atoms with E-state index in [-0.39, 0.29) is 37.9 Å². The summed E-state index contributed by atoms with van der Waals surface area (Å²) in [5, 5.41) is 4.96. The maximum atomic E-state index is 12.9. The maximum absolute atomic E-state index is 12.9. The first-order valence-electron chi connectivity index (χ1n) is 9.99. The number of fused-ring (bicyclic) bond motifs is 1. The van der Waals surface area contributed by atoms with E-state index in [1.54, 1.807) is 30.3 Å². The molecule has 0 aliphatic carbocycles. The summed E-state index contributed by atoms with van der Waals surface area (Å²) in [5.41, 5.74) is 1.68. The smallest absolute Gasteiger partial charge is 0.309 e. The van der Waals surface area contributed by atoms with Crippen molar-refractivity contribution in [1.29, 1.82) is 0 Å². The van der Waals surface area contributed by atoms with Crippen molar-refractivity contribution in [2.24, 2.45) is 0 Å². The van der Waals surface area contributed by atoms with Gasteiger partial charge in [-0.2, -0.15) is 4.31 Å². The molecule has 2 aliphatic heterocycles. The molecule has 0 radical (unpaired) electrons. The zero-order valence-corrected chi connectivity index (χ0v) is 18.2. The van der Waals surface area contributed by atoms with Crippen LogP contribution in [0.25, 0.3) is 0 Å². The molecule has 10 nitrogen and oxygen atoms in total. The third kappa shape index (κ3) is 4.69. The van der Waals surface area contributed by atoms with E-state index in [1.807, 2.05) is 6.92 Å². The summed E-state index contributed by atoms with van der Waals surface area (Å²) < 4.78 is 43.0. The van der Waals surface area contributed by atoms with Crippen LogP contribution in [0.4, 0.5) is 0 Å². The van der Waals surface area contributed by atoms with Gasteiger partial charge in [-0.15, -0.1) is 0 Å². The predicted molar refractivity (Wildman–Crippen MR) is 112 cm³/mol. The standard InChI is InChI=1S/C21H23N3O7S/c1-14-2-5-16(6-3-14)32(27,28)24-8-9-29-19(24)12-23-21(26)20(25)22-11-15-4-7-17-18(10-15)31-13-30-17/h2-7,10,19H,8-9,11-13H2,1H3,(H,22,25)(H,23,26)/t19-/m0/s1. The van der Waals surface area contributed by atoms with E-state index in [1.165, 1.54) is 16.4 Å². The molecule has 0 aromatic heterocycles.